The van der Waals surface area contributed by atoms with Gasteiger partial charge in [-0.25, -0.2) is 0 Å². The highest BCUT2D eigenvalue weighted by molar-refractivity contribution is 6.77. The fraction of sp³-hybridized carbons (Fsp3) is 1.00. The van der Waals surface area contributed by atoms with Gasteiger partial charge in [0.05, 0.1) is 0 Å². The topological polar surface area (TPSA) is 12.0 Å². The summed E-state index contributed by atoms with van der Waals surface area (Å²) in [5, 5.41) is 0. The summed E-state index contributed by atoms with van der Waals surface area (Å²) in [6.45, 7) is 10.4. The van der Waals surface area contributed by atoms with Crippen LogP contribution >= 0.6 is 0 Å². The van der Waals surface area contributed by atoms with E-state index in [4.69, 9.17) is 0 Å². The molecule has 0 heterocycles. The maximum absolute atomic E-state index is 3.74. The zero-order chi connectivity index (χ0) is 8.74. The summed E-state index contributed by atoms with van der Waals surface area (Å²) in [4.78, 5) is 3.74. The minimum atomic E-state index is -0.993. The smallest absolute Gasteiger partial charge is 0.125 e. The fourth-order valence-corrected chi connectivity index (χ4v) is 5.39. The van der Waals surface area contributed by atoms with Gasteiger partial charge in [0, 0.05) is 0 Å². The molecule has 0 spiro atoms. The molecule has 0 saturated carbocycles. The molecule has 0 aromatic heterocycles. The molecule has 0 saturated heterocycles. The minimum absolute atomic E-state index is 0.993. The van der Waals surface area contributed by atoms with Crippen molar-refractivity contribution < 1.29 is 0 Å². The summed E-state index contributed by atoms with van der Waals surface area (Å²) in [6, 6.07) is 4.24. The Kier molecular flexibility index (Phi) is 5.87. The number of hydrogen-bond donors (Lipinski definition) is 1. The third-order valence-corrected chi connectivity index (χ3v) is 7.90. The van der Waals surface area contributed by atoms with Gasteiger partial charge in [-0.1, -0.05) is 34.1 Å². The lowest BCUT2D eigenvalue weighted by Gasteiger charge is -2.29. The lowest BCUT2D eigenvalue weighted by molar-refractivity contribution is 0.879. The third-order valence-electron chi connectivity index (χ3n) is 2.63. The van der Waals surface area contributed by atoms with Crippen molar-refractivity contribution in [3.63, 3.8) is 0 Å². The molecule has 68 valence electrons. The molecule has 0 radical (unpaired) electrons. The Bertz CT molecular complexity index is 81.6. The Morgan fingerprint density at radius 3 is 1.82 bits per heavy atom. The molecule has 0 atom stereocenters. The van der Waals surface area contributed by atoms with E-state index in [0.717, 1.165) is 6.54 Å². The Morgan fingerprint density at radius 1 is 1.00 bits per heavy atom. The summed E-state index contributed by atoms with van der Waals surface area (Å²) in [7, 11) is -0.993. The van der Waals surface area contributed by atoms with Crippen molar-refractivity contribution >= 4 is 8.24 Å². The fourth-order valence-electron chi connectivity index (χ4n) is 1.80. The molecule has 0 aromatic carbocycles. The average molecular weight is 173 g/mol. The van der Waals surface area contributed by atoms with Crippen molar-refractivity contribution in [2.24, 2.45) is 0 Å². The van der Waals surface area contributed by atoms with E-state index in [9.17, 15) is 0 Å². The van der Waals surface area contributed by atoms with Gasteiger partial charge in [-0.3, -0.25) is 0 Å². The van der Waals surface area contributed by atoms with Gasteiger partial charge in [0.2, 0.25) is 0 Å². The van der Waals surface area contributed by atoms with Crippen molar-refractivity contribution in [3.05, 3.63) is 0 Å². The van der Waals surface area contributed by atoms with E-state index in [1.807, 2.05) is 0 Å². The molecule has 0 unspecified atom stereocenters. The van der Waals surface area contributed by atoms with Crippen LogP contribution < -0.4 is 4.98 Å². The Labute approximate surface area is 72.7 Å². The summed E-state index contributed by atoms with van der Waals surface area (Å²) in [5.74, 6) is 0. The minimum Gasteiger partial charge on any atom is -0.337 e. The Balaban J connectivity index is 3.96. The first kappa shape index (κ1) is 11.2. The molecule has 0 aliphatic rings. The predicted molar refractivity (Wildman–Crippen MR) is 55.5 cm³/mol. The SMILES string of the molecule is CCC[Si](CC)(CC)NCC. The van der Waals surface area contributed by atoms with E-state index in [1.165, 1.54) is 24.6 Å². The first-order valence-corrected chi connectivity index (χ1v) is 7.61. The lowest BCUT2D eigenvalue weighted by atomic mass is 10.6. The van der Waals surface area contributed by atoms with Crippen molar-refractivity contribution in [2.75, 3.05) is 6.54 Å². The van der Waals surface area contributed by atoms with Crippen LogP contribution in [0.1, 0.15) is 34.1 Å². The third kappa shape index (κ3) is 3.39. The van der Waals surface area contributed by atoms with Crippen LogP contribution in [0.2, 0.25) is 18.1 Å². The summed E-state index contributed by atoms with van der Waals surface area (Å²) < 4.78 is 0. The van der Waals surface area contributed by atoms with Crippen LogP contribution in [0.3, 0.4) is 0 Å². The van der Waals surface area contributed by atoms with E-state index >= 15 is 0 Å². The van der Waals surface area contributed by atoms with Gasteiger partial charge in [0.25, 0.3) is 0 Å². The number of nitrogens with one attached hydrogen (secondary N) is 1. The first-order chi connectivity index (χ1) is 5.24. The maximum Gasteiger partial charge on any atom is 0.125 e. The molecule has 0 amide bonds. The van der Waals surface area contributed by atoms with Crippen LogP contribution in [0, 0.1) is 0 Å². The molecule has 11 heavy (non-hydrogen) atoms. The van der Waals surface area contributed by atoms with Crippen LogP contribution in [-0.2, 0) is 0 Å². The summed E-state index contributed by atoms with van der Waals surface area (Å²) >= 11 is 0. The second-order valence-electron chi connectivity index (χ2n) is 3.27. The maximum atomic E-state index is 3.74. The summed E-state index contributed by atoms with van der Waals surface area (Å²) in [6.07, 6.45) is 1.35. The van der Waals surface area contributed by atoms with E-state index in [1.54, 1.807) is 0 Å². The highest BCUT2D eigenvalue weighted by Crippen LogP contribution is 2.18. The normalized spacial score (nSPS) is 12.0. The molecule has 0 aliphatic carbocycles. The van der Waals surface area contributed by atoms with Crippen molar-refractivity contribution in [1.29, 1.82) is 0 Å². The van der Waals surface area contributed by atoms with Gasteiger partial charge in [0.15, 0.2) is 0 Å². The van der Waals surface area contributed by atoms with E-state index < -0.39 is 8.24 Å². The Hall–Kier alpha value is 0.177. The van der Waals surface area contributed by atoms with Gasteiger partial charge in [0.1, 0.15) is 8.24 Å². The molecule has 0 aromatic rings. The molecule has 1 N–H and O–H groups in total. The molecular formula is C9H23NSi. The molecule has 2 heteroatoms. The zero-order valence-electron chi connectivity index (χ0n) is 8.54. The van der Waals surface area contributed by atoms with Crippen LogP contribution in [0.4, 0.5) is 0 Å². The molecule has 1 nitrogen and oxygen atoms in total. The second kappa shape index (κ2) is 5.78. The van der Waals surface area contributed by atoms with Gasteiger partial charge in [-0.2, -0.15) is 0 Å². The molecule has 0 aliphatic heterocycles. The van der Waals surface area contributed by atoms with Gasteiger partial charge < -0.3 is 4.98 Å². The van der Waals surface area contributed by atoms with Crippen LogP contribution in [0.25, 0.3) is 0 Å². The van der Waals surface area contributed by atoms with Gasteiger partial charge in [-0.15, -0.1) is 0 Å². The number of rotatable bonds is 6. The van der Waals surface area contributed by atoms with Gasteiger partial charge in [-0.05, 0) is 24.7 Å². The molecule has 0 bridgehead atoms. The van der Waals surface area contributed by atoms with E-state index in [2.05, 4.69) is 32.7 Å². The molecule has 0 fully saturated rings. The molecular weight excluding hydrogens is 150 g/mol. The standard InChI is InChI=1S/C9H23NSi/c1-5-9-11(7-3,8-4)10-6-2/h10H,5-9H2,1-4H3. The average Bonchev–Trinajstić information content (AvgIpc) is 2.04. The predicted octanol–water partition coefficient (Wildman–Crippen LogP) is 2.99. The van der Waals surface area contributed by atoms with Crippen LogP contribution in [0.5, 0.6) is 0 Å². The zero-order valence-corrected chi connectivity index (χ0v) is 9.54. The highest BCUT2D eigenvalue weighted by atomic mass is 28.3. The number of hydrogen-bond acceptors (Lipinski definition) is 1. The molecule has 0 rings (SSSR count). The lowest BCUT2D eigenvalue weighted by Crippen LogP contribution is -2.48. The second-order valence-corrected chi connectivity index (χ2v) is 8.10. The van der Waals surface area contributed by atoms with Crippen molar-refractivity contribution in [3.8, 4) is 0 Å². The quantitative estimate of drug-likeness (QED) is 0.609. The van der Waals surface area contributed by atoms with E-state index in [-0.39, 0.29) is 0 Å². The van der Waals surface area contributed by atoms with E-state index in [0.29, 0.717) is 0 Å². The van der Waals surface area contributed by atoms with Crippen molar-refractivity contribution in [1.82, 2.24) is 4.98 Å². The van der Waals surface area contributed by atoms with Gasteiger partial charge >= 0.3 is 0 Å². The van der Waals surface area contributed by atoms with Crippen molar-refractivity contribution in [2.45, 2.75) is 52.2 Å². The summed E-state index contributed by atoms with van der Waals surface area (Å²) in [5.41, 5.74) is 0. The highest BCUT2D eigenvalue weighted by Gasteiger charge is 2.26. The van der Waals surface area contributed by atoms with Crippen LogP contribution in [0.15, 0.2) is 0 Å². The monoisotopic (exact) mass is 173 g/mol. The van der Waals surface area contributed by atoms with Crippen LogP contribution in [-0.4, -0.2) is 14.8 Å². The largest absolute Gasteiger partial charge is 0.337 e. The Morgan fingerprint density at radius 2 is 1.55 bits per heavy atom. The first-order valence-electron chi connectivity index (χ1n) is 4.99.